The van der Waals surface area contributed by atoms with Gasteiger partial charge in [0.1, 0.15) is 5.82 Å². The van der Waals surface area contributed by atoms with Gasteiger partial charge in [0.05, 0.1) is 11.6 Å². The van der Waals surface area contributed by atoms with E-state index in [4.69, 9.17) is 16.7 Å². The zero-order chi connectivity index (χ0) is 18.0. The van der Waals surface area contributed by atoms with E-state index in [1.807, 2.05) is 4.90 Å². The maximum atomic E-state index is 13.1. The van der Waals surface area contributed by atoms with Crippen molar-refractivity contribution in [3.63, 3.8) is 0 Å². The Hall–Kier alpha value is -1.86. The number of aliphatic carboxylic acids is 1. The largest absolute Gasteiger partial charge is 0.480 e. The van der Waals surface area contributed by atoms with E-state index in [0.717, 1.165) is 19.4 Å². The second-order valence-electron chi connectivity index (χ2n) is 6.82. The van der Waals surface area contributed by atoms with Crippen molar-refractivity contribution in [3.8, 4) is 0 Å². The van der Waals surface area contributed by atoms with E-state index in [0.29, 0.717) is 11.6 Å². The lowest BCUT2D eigenvalue weighted by atomic mass is 9.85. The lowest BCUT2D eigenvalue weighted by molar-refractivity contribution is -0.139. The Bertz CT molecular complexity index is 663. The molecular weight excluding hydrogens is 349 g/mol. The van der Waals surface area contributed by atoms with Crippen molar-refractivity contribution in [1.82, 2.24) is 10.2 Å². The fraction of sp³-hybridized carbons (Fsp3) is 0.529. The third-order valence-corrected chi connectivity index (χ3v) is 4.96. The summed E-state index contributed by atoms with van der Waals surface area (Å²) in [4.78, 5) is 25.0. The summed E-state index contributed by atoms with van der Waals surface area (Å²) < 4.78 is 13.1. The first-order valence-corrected chi connectivity index (χ1v) is 8.77. The van der Waals surface area contributed by atoms with Crippen molar-refractivity contribution in [3.05, 3.63) is 29.0 Å². The van der Waals surface area contributed by atoms with Gasteiger partial charge in [0.15, 0.2) is 0 Å². The van der Waals surface area contributed by atoms with E-state index in [9.17, 15) is 14.0 Å². The maximum absolute atomic E-state index is 13.1. The van der Waals surface area contributed by atoms with Gasteiger partial charge in [0, 0.05) is 24.3 Å². The van der Waals surface area contributed by atoms with Crippen molar-refractivity contribution >= 4 is 29.3 Å². The standard InChI is InChI=1S/C17H21ClFN3O3/c18-14-7-11(3-4-15(14)19)20-17(25)21-12-5-13(6-12)22(9-16(23)24)8-10-1-2-10/h3-4,7,10,12-13H,1-2,5-6,8-9H2,(H,23,24)(H2,20,21,25). The first-order chi connectivity index (χ1) is 11.9. The van der Waals surface area contributed by atoms with Gasteiger partial charge in [-0.1, -0.05) is 11.6 Å². The predicted octanol–water partition coefficient (Wildman–Crippen LogP) is 2.93. The zero-order valence-corrected chi connectivity index (χ0v) is 14.4. The minimum Gasteiger partial charge on any atom is -0.480 e. The van der Waals surface area contributed by atoms with E-state index in [1.54, 1.807) is 0 Å². The molecule has 2 aliphatic rings. The molecule has 6 nitrogen and oxygen atoms in total. The van der Waals surface area contributed by atoms with Crippen LogP contribution in [0, 0.1) is 11.7 Å². The second-order valence-corrected chi connectivity index (χ2v) is 7.22. The lowest BCUT2D eigenvalue weighted by Gasteiger charge is -2.42. The number of carboxylic acid groups (broad SMARTS) is 1. The number of benzene rings is 1. The maximum Gasteiger partial charge on any atom is 0.319 e. The minimum absolute atomic E-state index is 0.0106. The van der Waals surface area contributed by atoms with Crippen LogP contribution in [0.5, 0.6) is 0 Å². The number of anilines is 1. The van der Waals surface area contributed by atoms with Gasteiger partial charge in [-0.25, -0.2) is 9.18 Å². The molecule has 0 aliphatic heterocycles. The Morgan fingerprint density at radius 2 is 2.04 bits per heavy atom. The Labute approximate surface area is 150 Å². The molecule has 0 unspecified atom stereocenters. The summed E-state index contributed by atoms with van der Waals surface area (Å²) in [6.07, 6.45) is 3.81. The molecule has 0 saturated heterocycles. The molecule has 0 spiro atoms. The molecule has 2 saturated carbocycles. The minimum atomic E-state index is -0.817. The molecule has 25 heavy (non-hydrogen) atoms. The Morgan fingerprint density at radius 3 is 2.64 bits per heavy atom. The van der Waals surface area contributed by atoms with Crippen molar-refractivity contribution < 1.29 is 19.1 Å². The molecule has 2 fully saturated rings. The molecule has 2 amide bonds. The van der Waals surface area contributed by atoms with Crippen LogP contribution in [0.2, 0.25) is 5.02 Å². The average Bonchev–Trinajstić information content (AvgIpc) is 3.29. The predicted molar refractivity (Wildman–Crippen MR) is 92.3 cm³/mol. The highest BCUT2D eigenvalue weighted by molar-refractivity contribution is 6.31. The van der Waals surface area contributed by atoms with Crippen LogP contribution in [0.3, 0.4) is 0 Å². The number of carboxylic acids is 1. The Balaban J connectivity index is 1.44. The van der Waals surface area contributed by atoms with Gasteiger partial charge in [-0.2, -0.15) is 0 Å². The number of hydrogen-bond acceptors (Lipinski definition) is 3. The molecule has 8 heteroatoms. The zero-order valence-electron chi connectivity index (χ0n) is 13.7. The topological polar surface area (TPSA) is 81.7 Å². The SMILES string of the molecule is O=C(O)CN(CC1CC1)C1CC(NC(=O)Nc2ccc(F)c(Cl)c2)C1. The summed E-state index contributed by atoms with van der Waals surface area (Å²) in [5, 5.41) is 14.5. The lowest BCUT2D eigenvalue weighted by Crippen LogP contribution is -2.55. The summed E-state index contributed by atoms with van der Waals surface area (Å²) in [6, 6.07) is 3.81. The number of rotatable bonds is 7. The van der Waals surface area contributed by atoms with Crippen LogP contribution >= 0.6 is 11.6 Å². The van der Waals surface area contributed by atoms with Gasteiger partial charge in [0.2, 0.25) is 0 Å². The van der Waals surface area contributed by atoms with Crippen LogP contribution in [0.1, 0.15) is 25.7 Å². The van der Waals surface area contributed by atoms with Crippen LogP contribution in [0.4, 0.5) is 14.9 Å². The number of halogens is 2. The van der Waals surface area contributed by atoms with Crippen LogP contribution in [-0.4, -0.2) is 47.2 Å². The molecule has 0 heterocycles. The van der Waals surface area contributed by atoms with E-state index in [-0.39, 0.29) is 29.7 Å². The van der Waals surface area contributed by atoms with Gasteiger partial charge >= 0.3 is 12.0 Å². The molecule has 1 aromatic carbocycles. The summed E-state index contributed by atoms with van der Waals surface area (Å²) in [7, 11) is 0. The van der Waals surface area contributed by atoms with E-state index in [2.05, 4.69) is 10.6 Å². The molecule has 0 atom stereocenters. The van der Waals surface area contributed by atoms with Crippen LogP contribution in [0.25, 0.3) is 0 Å². The molecule has 0 aromatic heterocycles. The van der Waals surface area contributed by atoms with Gasteiger partial charge in [-0.15, -0.1) is 0 Å². The third-order valence-electron chi connectivity index (χ3n) is 4.67. The quantitative estimate of drug-likeness (QED) is 0.690. The Morgan fingerprint density at radius 1 is 1.32 bits per heavy atom. The van der Waals surface area contributed by atoms with Crippen molar-refractivity contribution in [2.75, 3.05) is 18.4 Å². The van der Waals surface area contributed by atoms with Crippen molar-refractivity contribution in [1.29, 1.82) is 0 Å². The molecule has 3 rings (SSSR count). The second kappa shape index (κ2) is 7.58. The molecular formula is C17H21ClFN3O3. The first-order valence-electron chi connectivity index (χ1n) is 8.39. The summed E-state index contributed by atoms with van der Waals surface area (Å²) in [6.45, 7) is 0.873. The van der Waals surface area contributed by atoms with E-state index in [1.165, 1.54) is 31.0 Å². The average molecular weight is 370 g/mol. The normalized spacial score (nSPS) is 22.4. The van der Waals surface area contributed by atoms with E-state index >= 15 is 0 Å². The van der Waals surface area contributed by atoms with Crippen LogP contribution in [0.15, 0.2) is 18.2 Å². The highest BCUT2D eigenvalue weighted by atomic mass is 35.5. The summed E-state index contributed by atoms with van der Waals surface area (Å²) >= 11 is 5.68. The monoisotopic (exact) mass is 369 g/mol. The number of amides is 2. The van der Waals surface area contributed by atoms with Gasteiger partial charge in [0.25, 0.3) is 0 Å². The van der Waals surface area contributed by atoms with Crippen LogP contribution < -0.4 is 10.6 Å². The number of hydrogen-bond donors (Lipinski definition) is 3. The number of urea groups is 1. The third kappa shape index (κ3) is 5.06. The molecule has 0 bridgehead atoms. The highest BCUT2D eigenvalue weighted by Crippen LogP contribution is 2.33. The fourth-order valence-electron chi connectivity index (χ4n) is 3.08. The number of nitrogens with zero attached hydrogens (tertiary/aromatic N) is 1. The first kappa shape index (κ1) is 17.9. The molecule has 136 valence electrons. The molecule has 2 aliphatic carbocycles. The molecule has 1 aromatic rings. The molecule has 0 radical (unpaired) electrons. The van der Waals surface area contributed by atoms with Crippen LogP contribution in [-0.2, 0) is 4.79 Å². The Kier molecular flexibility index (Phi) is 5.44. The summed E-state index contributed by atoms with van der Waals surface area (Å²) in [5.74, 6) is -0.732. The number of carbonyl (C=O) groups excluding carboxylic acids is 1. The van der Waals surface area contributed by atoms with Gasteiger partial charge in [-0.05, 0) is 49.8 Å². The van der Waals surface area contributed by atoms with Gasteiger partial charge in [-0.3, -0.25) is 9.69 Å². The summed E-state index contributed by atoms with van der Waals surface area (Å²) in [5.41, 5.74) is 0.418. The molecule has 3 N–H and O–H groups in total. The van der Waals surface area contributed by atoms with E-state index < -0.39 is 11.8 Å². The fourth-order valence-corrected chi connectivity index (χ4v) is 3.26. The number of nitrogens with one attached hydrogen (secondary N) is 2. The smallest absolute Gasteiger partial charge is 0.319 e. The highest BCUT2D eigenvalue weighted by Gasteiger charge is 2.37. The van der Waals surface area contributed by atoms with Crippen molar-refractivity contribution in [2.45, 2.75) is 37.8 Å². The number of carbonyl (C=O) groups is 2. The van der Waals surface area contributed by atoms with Crippen molar-refractivity contribution in [2.24, 2.45) is 5.92 Å². The van der Waals surface area contributed by atoms with Gasteiger partial charge < -0.3 is 15.7 Å².